The molecule has 16 heavy (non-hydrogen) atoms. The summed E-state index contributed by atoms with van der Waals surface area (Å²) in [5.74, 6) is 0.363. The normalized spacial score (nSPS) is 36.4. The average Bonchev–Trinajstić information content (AvgIpc) is 2.74. The highest BCUT2D eigenvalue weighted by molar-refractivity contribution is 5.85. The van der Waals surface area contributed by atoms with Crippen LogP contribution in [0.15, 0.2) is 0 Å². The van der Waals surface area contributed by atoms with Crippen molar-refractivity contribution in [3.05, 3.63) is 0 Å². The summed E-state index contributed by atoms with van der Waals surface area (Å²) in [5, 5.41) is 3.33. The van der Waals surface area contributed by atoms with Gasteiger partial charge in [0, 0.05) is 26.2 Å². The third kappa shape index (κ3) is 1.74. The van der Waals surface area contributed by atoms with Crippen LogP contribution < -0.4 is 11.1 Å². The monoisotopic (exact) mass is 225 g/mol. The van der Waals surface area contributed by atoms with E-state index in [2.05, 4.69) is 17.1 Å². The first-order valence-electron chi connectivity index (χ1n) is 6.47. The second-order valence-corrected chi connectivity index (χ2v) is 5.02. The van der Waals surface area contributed by atoms with Gasteiger partial charge in [-0.1, -0.05) is 19.8 Å². The van der Waals surface area contributed by atoms with Gasteiger partial charge >= 0.3 is 0 Å². The van der Waals surface area contributed by atoms with Crippen molar-refractivity contribution in [2.24, 2.45) is 11.7 Å². The van der Waals surface area contributed by atoms with E-state index < -0.39 is 0 Å². The highest BCUT2D eigenvalue weighted by atomic mass is 16.1. The third-order valence-corrected chi connectivity index (χ3v) is 4.39. The lowest BCUT2D eigenvalue weighted by Gasteiger charge is -2.45. The number of amides is 1. The first-order valence-corrected chi connectivity index (χ1v) is 6.47. The van der Waals surface area contributed by atoms with E-state index in [1.54, 1.807) is 0 Å². The summed E-state index contributed by atoms with van der Waals surface area (Å²) in [4.78, 5) is 14.3. The van der Waals surface area contributed by atoms with E-state index in [-0.39, 0.29) is 11.4 Å². The zero-order valence-corrected chi connectivity index (χ0v) is 10.2. The number of primary amides is 1. The standard InChI is InChI=1S/C12H23N3O/c1-2-10-4-3-5-12(10,11(13)16)15-8-6-14-7-9-15/h10,14H,2-9H2,1H3,(H2,13,16). The molecule has 2 unspecified atom stereocenters. The Morgan fingerprint density at radius 3 is 2.75 bits per heavy atom. The largest absolute Gasteiger partial charge is 0.368 e. The van der Waals surface area contributed by atoms with E-state index in [9.17, 15) is 4.79 Å². The molecule has 1 aliphatic heterocycles. The van der Waals surface area contributed by atoms with E-state index in [1.807, 2.05) is 0 Å². The van der Waals surface area contributed by atoms with Crippen molar-refractivity contribution in [1.82, 2.24) is 10.2 Å². The quantitative estimate of drug-likeness (QED) is 0.727. The Labute approximate surface area is 97.6 Å². The van der Waals surface area contributed by atoms with Gasteiger partial charge in [-0.15, -0.1) is 0 Å². The molecule has 0 radical (unpaired) electrons. The van der Waals surface area contributed by atoms with Gasteiger partial charge in [0.25, 0.3) is 0 Å². The number of piperazine rings is 1. The van der Waals surface area contributed by atoms with Crippen LogP contribution in [0.5, 0.6) is 0 Å². The fourth-order valence-electron chi connectivity index (χ4n) is 3.56. The highest BCUT2D eigenvalue weighted by Gasteiger charge is 2.50. The Kier molecular flexibility index (Phi) is 3.50. The third-order valence-electron chi connectivity index (χ3n) is 4.39. The molecule has 1 saturated heterocycles. The molecule has 2 fully saturated rings. The van der Waals surface area contributed by atoms with Gasteiger partial charge in [-0.05, 0) is 18.8 Å². The minimum atomic E-state index is -0.336. The van der Waals surface area contributed by atoms with Crippen molar-refractivity contribution in [3.63, 3.8) is 0 Å². The Morgan fingerprint density at radius 1 is 1.50 bits per heavy atom. The predicted octanol–water partition coefficient (Wildman–Crippen LogP) is 0.326. The Hall–Kier alpha value is -0.610. The number of rotatable bonds is 3. The minimum absolute atomic E-state index is 0.0984. The first kappa shape index (κ1) is 11.9. The highest BCUT2D eigenvalue weighted by Crippen LogP contribution is 2.42. The van der Waals surface area contributed by atoms with Crippen LogP contribution in [0.2, 0.25) is 0 Å². The summed E-state index contributed by atoms with van der Waals surface area (Å²) < 4.78 is 0. The lowest BCUT2D eigenvalue weighted by Crippen LogP contribution is -2.63. The zero-order chi connectivity index (χ0) is 11.6. The van der Waals surface area contributed by atoms with Crippen molar-refractivity contribution in [3.8, 4) is 0 Å². The summed E-state index contributed by atoms with van der Waals surface area (Å²) in [6.07, 6.45) is 4.32. The number of nitrogens with one attached hydrogen (secondary N) is 1. The molecule has 4 nitrogen and oxygen atoms in total. The molecule has 0 spiro atoms. The van der Waals surface area contributed by atoms with Crippen LogP contribution in [0.4, 0.5) is 0 Å². The number of carbonyl (C=O) groups is 1. The summed E-state index contributed by atoms with van der Waals surface area (Å²) >= 11 is 0. The van der Waals surface area contributed by atoms with E-state index in [1.165, 1.54) is 0 Å². The van der Waals surface area contributed by atoms with Crippen LogP contribution in [0, 0.1) is 5.92 Å². The maximum absolute atomic E-state index is 12.0. The van der Waals surface area contributed by atoms with Crippen LogP contribution in [-0.2, 0) is 4.79 Å². The number of hydrogen-bond donors (Lipinski definition) is 2. The SMILES string of the molecule is CCC1CCCC1(C(N)=O)N1CCNCC1. The molecule has 1 heterocycles. The Bertz CT molecular complexity index is 263. The van der Waals surface area contributed by atoms with Gasteiger partial charge in [-0.3, -0.25) is 9.69 Å². The molecule has 92 valence electrons. The summed E-state index contributed by atoms with van der Waals surface area (Å²) in [5.41, 5.74) is 5.39. The van der Waals surface area contributed by atoms with Gasteiger partial charge in [0.15, 0.2) is 0 Å². The molecule has 4 heteroatoms. The van der Waals surface area contributed by atoms with Gasteiger partial charge in [0.1, 0.15) is 5.54 Å². The molecule has 0 aromatic heterocycles. The molecule has 2 aliphatic rings. The molecular formula is C12H23N3O. The smallest absolute Gasteiger partial charge is 0.238 e. The van der Waals surface area contributed by atoms with E-state index in [0.29, 0.717) is 5.92 Å². The Balaban J connectivity index is 2.23. The van der Waals surface area contributed by atoms with Gasteiger partial charge in [0.05, 0.1) is 0 Å². The molecule has 0 bridgehead atoms. The van der Waals surface area contributed by atoms with E-state index >= 15 is 0 Å². The number of hydrogen-bond acceptors (Lipinski definition) is 3. The van der Waals surface area contributed by atoms with Crippen molar-refractivity contribution in [2.75, 3.05) is 26.2 Å². The molecule has 1 saturated carbocycles. The van der Waals surface area contributed by atoms with Crippen LogP contribution in [0.25, 0.3) is 0 Å². The Morgan fingerprint density at radius 2 is 2.19 bits per heavy atom. The second kappa shape index (κ2) is 4.72. The number of carbonyl (C=O) groups excluding carboxylic acids is 1. The first-order chi connectivity index (χ1) is 7.71. The fourth-order valence-corrected chi connectivity index (χ4v) is 3.56. The van der Waals surface area contributed by atoms with Gasteiger partial charge < -0.3 is 11.1 Å². The molecule has 3 N–H and O–H groups in total. The molecular weight excluding hydrogens is 202 g/mol. The summed E-state index contributed by atoms with van der Waals surface area (Å²) in [6.45, 7) is 6.05. The lowest BCUT2D eigenvalue weighted by molar-refractivity contribution is -0.133. The summed E-state index contributed by atoms with van der Waals surface area (Å²) in [7, 11) is 0. The molecule has 2 atom stereocenters. The van der Waals surface area contributed by atoms with Crippen molar-refractivity contribution in [2.45, 2.75) is 38.1 Å². The zero-order valence-electron chi connectivity index (χ0n) is 10.2. The molecule has 2 rings (SSSR count). The maximum atomic E-state index is 12.0. The lowest BCUT2D eigenvalue weighted by atomic mass is 9.82. The van der Waals surface area contributed by atoms with Gasteiger partial charge in [-0.2, -0.15) is 0 Å². The van der Waals surface area contributed by atoms with Crippen LogP contribution in [0.3, 0.4) is 0 Å². The molecule has 0 aromatic carbocycles. The predicted molar refractivity (Wildman–Crippen MR) is 64.0 cm³/mol. The number of nitrogens with two attached hydrogens (primary N) is 1. The van der Waals surface area contributed by atoms with Crippen molar-refractivity contribution >= 4 is 5.91 Å². The average molecular weight is 225 g/mol. The minimum Gasteiger partial charge on any atom is -0.368 e. The van der Waals surface area contributed by atoms with Gasteiger partial charge in [-0.25, -0.2) is 0 Å². The molecule has 1 aliphatic carbocycles. The maximum Gasteiger partial charge on any atom is 0.238 e. The van der Waals surface area contributed by atoms with Gasteiger partial charge in [0.2, 0.25) is 5.91 Å². The fraction of sp³-hybridized carbons (Fsp3) is 0.917. The van der Waals surface area contributed by atoms with Crippen molar-refractivity contribution < 1.29 is 4.79 Å². The molecule has 0 aromatic rings. The van der Waals surface area contributed by atoms with Crippen LogP contribution in [-0.4, -0.2) is 42.5 Å². The second-order valence-electron chi connectivity index (χ2n) is 5.02. The van der Waals surface area contributed by atoms with Crippen LogP contribution in [0.1, 0.15) is 32.6 Å². The topological polar surface area (TPSA) is 58.4 Å². The van der Waals surface area contributed by atoms with Crippen LogP contribution >= 0.6 is 0 Å². The summed E-state index contributed by atoms with van der Waals surface area (Å²) in [6, 6.07) is 0. The number of nitrogens with zero attached hydrogens (tertiary/aromatic N) is 1. The van der Waals surface area contributed by atoms with Crippen molar-refractivity contribution in [1.29, 1.82) is 0 Å². The van der Waals surface area contributed by atoms with E-state index in [4.69, 9.17) is 5.73 Å². The molecule has 1 amide bonds. The van der Waals surface area contributed by atoms with E-state index in [0.717, 1.165) is 51.9 Å².